The molecule has 3 N–H and O–H groups in total. The quantitative estimate of drug-likeness (QED) is 0.506. The Balaban J connectivity index is 2.18. The van der Waals surface area contributed by atoms with Crippen LogP contribution in [0.25, 0.3) is 0 Å². The molecule has 1 aromatic carbocycles. The van der Waals surface area contributed by atoms with Gasteiger partial charge in [0.1, 0.15) is 0 Å². The lowest BCUT2D eigenvalue weighted by atomic mass is 9.76. The molecule has 3 unspecified atom stereocenters. The second kappa shape index (κ2) is 6.27. The summed E-state index contributed by atoms with van der Waals surface area (Å²) in [6.07, 6.45) is -3.17. The van der Waals surface area contributed by atoms with E-state index in [4.69, 9.17) is 5.84 Å². The Morgan fingerprint density at radius 3 is 2.43 bits per heavy atom. The lowest BCUT2D eigenvalue weighted by molar-refractivity contribution is -0.186. The molecule has 1 aromatic rings. The van der Waals surface area contributed by atoms with Crippen molar-refractivity contribution in [3.8, 4) is 0 Å². The second-order valence-corrected chi connectivity index (χ2v) is 5.48. The summed E-state index contributed by atoms with van der Waals surface area (Å²) in [6, 6.07) is 2.67. The van der Waals surface area contributed by atoms with E-state index in [2.05, 4.69) is 5.43 Å². The minimum absolute atomic E-state index is 0.0582. The van der Waals surface area contributed by atoms with Gasteiger partial charge >= 0.3 is 6.18 Å². The largest absolute Gasteiger partial charge is 0.391 e. The number of halogens is 5. The van der Waals surface area contributed by atoms with Crippen molar-refractivity contribution in [2.45, 2.75) is 37.9 Å². The van der Waals surface area contributed by atoms with E-state index in [1.165, 1.54) is 6.07 Å². The van der Waals surface area contributed by atoms with Crippen LogP contribution in [0.5, 0.6) is 0 Å². The normalized spacial score (nSPS) is 24.9. The first-order valence-corrected chi connectivity index (χ1v) is 6.80. The van der Waals surface area contributed by atoms with Crippen molar-refractivity contribution < 1.29 is 22.0 Å². The van der Waals surface area contributed by atoms with Crippen molar-refractivity contribution in [3.63, 3.8) is 0 Å². The van der Waals surface area contributed by atoms with E-state index < -0.39 is 29.8 Å². The van der Waals surface area contributed by atoms with E-state index in [9.17, 15) is 22.0 Å². The third-order valence-corrected chi connectivity index (χ3v) is 4.13. The Hall–Kier alpha value is -1.21. The molecule has 1 fully saturated rings. The van der Waals surface area contributed by atoms with Crippen molar-refractivity contribution in [2.75, 3.05) is 0 Å². The van der Waals surface area contributed by atoms with E-state index in [0.717, 1.165) is 12.1 Å². The fourth-order valence-electron chi connectivity index (χ4n) is 3.04. The van der Waals surface area contributed by atoms with Crippen LogP contribution in [0.15, 0.2) is 18.2 Å². The number of benzene rings is 1. The molecule has 0 bridgehead atoms. The maximum atomic E-state index is 13.3. The summed E-state index contributed by atoms with van der Waals surface area (Å²) >= 11 is 0. The smallest absolute Gasteiger partial charge is 0.271 e. The van der Waals surface area contributed by atoms with Crippen LogP contribution in [0.4, 0.5) is 22.0 Å². The van der Waals surface area contributed by atoms with Gasteiger partial charge in [-0.05, 0) is 42.9 Å². The summed E-state index contributed by atoms with van der Waals surface area (Å²) in [4.78, 5) is 0. The fourth-order valence-corrected chi connectivity index (χ4v) is 3.04. The Morgan fingerprint density at radius 2 is 1.86 bits per heavy atom. The third kappa shape index (κ3) is 3.71. The predicted molar refractivity (Wildman–Crippen MR) is 67.9 cm³/mol. The van der Waals surface area contributed by atoms with Crippen LogP contribution < -0.4 is 11.3 Å². The van der Waals surface area contributed by atoms with Gasteiger partial charge in [-0.15, -0.1) is 0 Å². The van der Waals surface area contributed by atoms with Gasteiger partial charge in [0.05, 0.1) is 5.92 Å². The summed E-state index contributed by atoms with van der Waals surface area (Å²) < 4.78 is 64.8. The molecular formula is C14H17F5N2. The summed E-state index contributed by atoms with van der Waals surface area (Å²) in [5.41, 5.74) is 2.82. The molecule has 1 aliphatic rings. The molecule has 0 radical (unpaired) electrons. The zero-order valence-corrected chi connectivity index (χ0v) is 11.3. The van der Waals surface area contributed by atoms with Gasteiger partial charge in [0.15, 0.2) is 11.6 Å². The van der Waals surface area contributed by atoms with Gasteiger partial charge in [0.2, 0.25) is 0 Å². The molecule has 0 saturated heterocycles. The molecular weight excluding hydrogens is 291 g/mol. The number of nitrogens with two attached hydrogens (primary N) is 1. The highest BCUT2D eigenvalue weighted by Gasteiger charge is 2.43. The van der Waals surface area contributed by atoms with Crippen LogP contribution in [0.1, 0.15) is 37.3 Å². The summed E-state index contributed by atoms with van der Waals surface area (Å²) in [5, 5.41) is 0. The molecule has 21 heavy (non-hydrogen) atoms. The van der Waals surface area contributed by atoms with E-state index in [-0.39, 0.29) is 18.8 Å². The highest BCUT2D eigenvalue weighted by molar-refractivity contribution is 5.22. The SMILES string of the molecule is NNC(c1ccc(F)c(F)c1)C1CCCC(C(F)(F)F)C1. The monoisotopic (exact) mass is 308 g/mol. The number of hydrogen-bond donors (Lipinski definition) is 2. The molecule has 0 aliphatic heterocycles. The first-order chi connectivity index (χ1) is 9.82. The average Bonchev–Trinajstić information content (AvgIpc) is 2.43. The molecule has 0 amide bonds. The topological polar surface area (TPSA) is 38.0 Å². The minimum atomic E-state index is -4.23. The molecule has 118 valence electrons. The molecule has 0 heterocycles. The summed E-state index contributed by atoms with van der Waals surface area (Å²) in [7, 11) is 0. The van der Waals surface area contributed by atoms with Gasteiger partial charge < -0.3 is 0 Å². The van der Waals surface area contributed by atoms with Crippen molar-refractivity contribution in [1.29, 1.82) is 0 Å². The van der Waals surface area contributed by atoms with Gasteiger partial charge in [-0.2, -0.15) is 13.2 Å². The van der Waals surface area contributed by atoms with Crippen molar-refractivity contribution in [2.24, 2.45) is 17.7 Å². The molecule has 1 aliphatic carbocycles. The standard InChI is InChI=1S/C14H17F5N2/c15-11-5-4-9(7-12(11)16)13(21-20)8-2-1-3-10(6-8)14(17,18)19/h4-5,7-8,10,13,21H,1-3,6,20H2. The van der Waals surface area contributed by atoms with Crippen LogP contribution >= 0.6 is 0 Å². The zero-order valence-electron chi connectivity index (χ0n) is 11.3. The van der Waals surface area contributed by atoms with Crippen LogP contribution in [-0.2, 0) is 0 Å². The van der Waals surface area contributed by atoms with Crippen LogP contribution in [-0.4, -0.2) is 6.18 Å². The third-order valence-electron chi connectivity index (χ3n) is 4.13. The highest BCUT2D eigenvalue weighted by atomic mass is 19.4. The number of rotatable bonds is 3. The summed E-state index contributed by atoms with van der Waals surface area (Å²) in [5.74, 6) is 1.68. The fraction of sp³-hybridized carbons (Fsp3) is 0.571. The van der Waals surface area contributed by atoms with E-state index >= 15 is 0 Å². The van der Waals surface area contributed by atoms with Gasteiger partial charge in [-0.3, -0.25) is 11.3 Å². The van der Waals surface area contributed by atoms with Crippen LogP contribution in [0.3, 0.4) is 0 Å². The molecule has 0 spiro atoms. The first-order valence-electron chi connectivity index (χ1n) is 6.80. The van der Waals surface area contributed by atoms with Gasteiger partial charge in [-0.25, -0.2) is 8.78 Å². The van der Waals surface area contributed by atoms with Crippen LogP contribution in [0, 0.1) is 23.5 Å². The van der Waals surface area contributed by atoms with Crippen molar-refractivity contribution >= 4 is 0 Å². The lowest BCUT2D eigenvalue weighted by Gasteiger charge is -2.35. The average molecular weight is 308 g/mol. The maximum absolute atomic E-state index is 13.3. The molecule has 7 heteroatoms. The lowest BCUT2D eigenvalue weighted by Crippen LogP contribution is -2.38. The molecule has 2 nitrogen and oxygen atoms in total. The minimum Gasteiger partial charge on any atom is -0.271 e. The molecule has 1 saturated carbocycles. The maximum Gasteiger partial charge on any atom is 0.391 e. The van der Waals surface area contributed by atoms with Gasteiger partial charge in [0, 0.05) is 6.04 Å². The number of alkyl halides is 3. The number of nitrogens with one attached hydrogen (secondary N) is 1. The zero-order chi connectivity index (χ0) is 15.6. The first kappa shape index (κ1) is 16.2. The van der Waals surface area contributed by atoms with E-state index in [1.807, 2.05) is 0 Å². The molecule has 2 rings (SSSR count). The number of hydrazine groups is 1. The van der Waals surface area contributed by atoms with Gasteiger partial charge in [0.25, 0.3) is 0 Å². The van der Waals surface area contributed by atoms with Gasteiger partial charge in [-0.1, -0.05) is 12.5 Å². The Morgan fingerprint density at radius 1 is 1.14 bits per heavy atom. The molecule has 0 aromatic heterocycles. The van der Waals surface area contributed by atoms with Crippen LogP contribution in [0.2, 0.25) is 0 Å². The Bertz CT molecular complexity index is 489. The second-order valence-electron chi connectivity index (χ2n) is 5.48. The summed E-state index contributed by atoms with van der Waals surface area (Å²) in [6.45, 7) is 0. The Labute approximate surface area is 119 Å². The highest BCUT2D eigenvalue weighted by Crippen LogP contribution is 2.43. The van der Waals surface area contributed by atoms with E-state index in [1.54, 1.807) is 0 Å². The van der Waals surface area contributed by atoms with E-state index in [0.29, 0.717) is 18.4 Å². The van der Waals surface area contributed by atoms with Crippen molar-refractivity contribution in [1.82, 2.24) is 5.43 Å². The molecule has 3 atom stereocenters. The van der Waals surface area contributed by atoms with Crippen molar-refractivity contribution in [3.05, 3.63) is 35.4 Å². The Kier molecular flexibility index (Phi) is 4.83. The number of hydrogen-bond acceptors (Lipinski definition) is 2. The predicted octanol–water partition coefficient (Wildman–Crippen LogP) is 3.84.